The molecule has 0 spiro atoms. The Hall–Kier alpha value is -0.970. The molecule has 0 bridgehead atoms. The normalized spacial score (nSPS) is 19.3. The zero-order valence-electron chi connectivity index (χ0n) is 12.7. The summed E-state index contributed by atoms with van der Waals surface area (Å²) in [6.07, 6.45) is 0. The van der Waals surface area contributed by atoms with Crippen LogP contribution >= 0.6 is 12.4 Å². The zero-order valence-corrected chi connectivity index (χ0v) is 13.5. The lowest BCUT2D eigenvalue weighted by Crippen LogP contribution is -2.48. The highest BCUT2D eigenvalue weighted by Gasteiger charge is 2.17. The first kappa shape index (κ1) is 17.1. The molecule has 0 unspecified atom stereocenters. The third-order valence-electron chi connectivity index (χ3n) is 3.69. The Morgan fingerprint density at radius 1 is 1.25 bits per heavy atom. The van der Waals surface area contributed by atoms with Crippen LogP contribution < -0.4 is 14.8 Å². The van der Waals surface area contributed by atoms with Gasteiger partial charge < -0.3 is 14.8 Å². The molecule has 1 aromatic carbocycles. The molecule has 1 aromatic rings. The maximum absolute atomic E-state index is 5.39. The van der Waals surface area contributed by atoms with Crippen LogP contribution in [0.2, 0.25) is 0 Å². The summed E-state index contributed by atoms with van der Waals surface area (Å²) in [6, 6.07) is 4.72. The standard InChI is InChI=1S/C15H24N2O2.ClH/c1-11-7-14(18-3)15(19-4)8-13(11)10-17-6-5-16-12(2)9-17;/h7-8,12,16H,5-6,9-10H2,1-4H3;1H/t12-;/m0./s1. The first-order valence-corrected chi connectivity index (χ1v) is 6.81. The van der Waals surface area contributed by atoms with Gasteiger partial charge in [0.2, 0.25) is 0 Å². The molecule has 1 N–H and O–H groups in total. The van der Waals surface area contributed by atoms with Crippen molar-refractivity contribution in [3.63, 3.8) is 0 Å². The summed E-state index contributed by atoms with van der Waals surface area (Å²) in [4.78, 5) is 2.48. The van der Waals surface area contributed by atoms with Crippen molar-refractivity contribution in [3.8, 4) is 11.5 Å². The molecule has 0 aromatic heterocycles. The maximum atomic E-state index is 5.39. The number of piperazine rings is 1. The van der Waals surface area contributed by atoms with E-state index in [2.05, 4.69) is 36.2 Å². The Balaban J connectivity index is 0.00000200. The van der Waals surface area contributed by atoms with Crippen LogP contribution in [-0.2, 0) is 6.54 Å². The molecule has 4 nitrogen and oxygen atoms in total. The predicted octanol–water partition coefficient (Wildman–Crippen LogP) is 2.23. The molecular formula is C15H25ClN2O2. The number of halogens is 1. The van der Waals surface area contributed by atoms with E-state index in [4.69, 9.17) is 9.47 Å². The zero-order chi connectivity index (χ0) is 13.8. The van der Waals surface area contributed by atoms with E-state index in [1.807, 2.05) is 0 Å². The molecule has 114 valence electrons. The number of hydrogen-bond donors (Lipinski definition) is 1. The predicted molar refractivity (Wildman–Crippen MR) is 84.3 cm³/mol. The number of ether oxygens (including phenoxy) is 2. The number of nitrogens with zero attached hydrogens (tertiary/aromatic N) is 1. The van der Waals surface area contributed by atoms with Gasteiger partial charge in [-0.15, -0.1) is 12.4 Å². The first-order chi connectivity index (χ1) is 9.13. The van der Waals surface area contributed by atoms with Gasteiger partial charge in [0.05, 0.1) is 14.2 Å². The summed E-state index contributed by atoms with van der Waals surface area (Å²) < 4.78 is 10.7. The lowest BCUT2D eigenvalue weighted by molar-refractivity contribution is 0.199. The molecule has 0 radical (unpaired) electrons. The van der Waals surface area contributed by atoms with Crippen molar-refractivity contribution in [3.05, 3.63) is 23.3 Å². The molecule has 1 fully saturated rings. The topological polar surface area (TPSA) is 33.7 Å². The molecule has 2 rings (SSSR count). The van der Waals surface area contributed by atoms with Crippen molar-refractivity contribution in [2.24, 2.45) is 0 Å². The third kappa shape index (κ3) is 4.01. The van der Waals surface area contributed by atoms with Gasteiger partial charge in [0.15, 0.2) is 11.5 Å². The van der Waals surface area contributed by atoms with Gasteiger partial charge in [0.25, 0.3) is 0 Å². The largest absolute Gasteiger partial charge is 0.493 e. The second-order valence-corrected chi connectivity index (χ2v) is 5.22. The summed E-state index contributed by atoms with van der Waals surface area (Å²) in [7, 11) is 3.36. The molecule has 0 saturated carbocycles. The maximum Gasteiger partial charge on any atom is 0.161 e. The summed E-state index contributed by atoms with van der Waals surface area (Å²) in [6.45, 7) is 8.58. The Bertz CT molecular complexity index is 440. The van der Waals surface area contributed by atoms with Crippen LogP contribution in [0.3, 0.4) is 0 Å². The van der Waals surface area contributed by atoms with Crippen LogP contribution in [0, 0.1) is 6.92 Å². The monoisotopic (exact) mass is 300 g/mol. The molecule has 0 aliphatic carbocycles. The highest BCUT2D eigenvalue weighted by molar-refractivity contribution is 5.85. The Morgan fingerprint density at radius 2 is 1.90 bits per heavy atom. The van der Waals surface area contributed by atoms with E-state index in [1.165, 1.54) is 11.1 Å². The van der Waals surface area contributed by atoms with Gasteiger partial charge in [-0.05, 0) is 37.1 Å². The molecule has 0 amide bonds. The number of methoxy groups -OCH3 is 2. The molecule has 1 saturated heterocycles. The first-order valence-electron chi connectivity index (χ1n) is 6.81. The fraction of sp³-hybridized carbons (Fsp3) is 0.600. The van der Waals surface area contributed by atoms with E-state index >= 15 is 0 Å². The summed E-state index contributed by atoms with van der Waals surface area (Å²) in [5.74, 6) is 1.61. The van der Waals surface area contributed by atoms with Crippen LogP contribution in [-0.4, -0.2) is 44.8 Å². The minimum atomic E-state index is 0. The van der Waals surface area contributed by atoms with Gasteiger partial charge >= 0.3 is 0 Å². The van der Waals surface area contributed by atoms with Crippen LogP contribution in [0.5, 0.6) is 11.5 Å². The summed E-state index contributed by atoms with van der Waals surface area (Å²) in [5, 5.41) is 3.47. The molecule has 1 aliphatic heterocycles. The molecule has 1 aliphatic rings. The molecule has 20 heavy (non-hydrogen) atoms. The van der Waals surface area contributed by atoms with Crippen LogP contribution in [0.1, 0.15) is 18.1 Å². The molecule has 1 heterocycles. The molecule has 1 atom stereocenters. The number of benzene rings is 1. The lowest BCUT2D eigenvalue weighted by Gasteiger charge is -2.32. The van der Waals surface area contributed by atoms with Crippen molar-refractivity contribution in [2.45, 2.75) is 26.4 Å². The van der Waals surface area contributed by atoms with Gasteiger partial charge in [-0.2, -0.15) is 0 Å². The number of rotatable bonds is 4. The lowest BCUT2D eigenvalue weighted by atomic mass is 10.1. The van der Waals surface area contributed by atoms with Gasteiger partial charge in [-0.25, -0.2) is 0 Å². The molecular weight excluding hydrogens is 276 g/mol. The fourth-order valence-electron chi connectivity index (χ4n) is 2.59. The molecule has 5 heteroatoms. The minimum Gasteiger partial charge on any atom is -0.493 e. The van der Waals surface area contributed by atoms with E-state index in [0.29, 0.717) is 6.04 Å². The van der Waals surface area contributed by atoms with Crippen molar-refractivity contribution >= 4 is 12.4 Å². The van der Waals surface area contributed by atoms with E-state index in [1.54, 1.807) is 14.2 Å². The highest BCUT2D eigenvalue weighted by Crippen LogP contribution is 2.30. The third-order valence-corrected chi connectivity index (χ3v) is 3.69. The van der Waals surface area contributed by atoms with Crippen molar-refractivity contribution in [1.29, 1.82) is 0 Å². The van der Waals surface area contributed by atoms with E-state index in [0.717, 1.165) is 37.7 Å². The van der Waals surface area contributed by atoms with Gasteiger partial charge in [0.1, 0.15) is 0 Å². The second kappa shape index (κ2) is 7.72. The van der Waals surface area contributed by atoms with Gasteiger partial charge in [-0.3, -0.25) is 4.90 Å². The van der Waals surface area contributed by atoms with E-state index in [9.17, 15) is 0 Å². The minimum absolute atomic E-state index is 0. The quantitative estimate of drug-likeness (QED) is 0.924. The van der Waals surface area contributed by atoms with Gasteiger partial charge in [0, 0.05) is 32.2 Å². The Labute approximate surface area is 127 Å². The van der Waals surface area contributed by atoms with Gasteiger partial charge in [-0.1, -0.05) is 0 Å². The van der Waals surface area contributed by atoms with Crippen molar-refractivity contribution < 1.29 is 9.47 Å². The highest BCUT2D eigenvalue weighted by atomic mass is 35.5. The van der Waals surface area contributed by atoms with Crippen LogP contribution in [0.25, 0.3) is 0 Å². The summed E-state index contributed by atoms with van der Waals surface area (Å²) >= 11 is 0. The van der Waals surface area contributed by atoms with E-state index in [-0.39, 0.29) is 12.4 Å². The van der Waals surface area contributed by atoms with Crippen molar-refractivity contribution in [1.82, 2.24) is 10.2 Å². The van der Waals surface area contributed by atoms with E-state index < -0.39 is 0 Å². The smallest absolute Gasteiger partial charge is 0.161 e. The van der Waals surface area contributed by atoms with Crippen LogP contribution in [0.15, 0.2) is 12.1 Å². The average molecular weight is 301 g/mol. The Morgan fingerprint density at radius 3 is 2.50 bits per heavy atom. The van der Waals surface area contributed by atoms with Crippen LogP contribution in [0.4, 0.5) is 0 Å². The van der Waals surface area contributed by atoms with Crippen molar-refractivity contribution in [2.75, 3.05) is 33.9 Å². The summed E-state index contributed by atoms with van der Waals surface area (Å²) in [5.41, 5.74) is 2.57. The number of hydrogen-bond acceptors (Lipinski definition) is 4. The number of nitrogens with one attached hydrogen (secondary N) is 1. The Kier molecular flexibility index (Phi) is 6.59. The second-order valence-electron chi connectivity index (χ2n) is 5.22. The number of aryl methyl sites for hydroxylation is 1. The fourth-order valence-corrected chi connectivity index (χ4v) is 2.59. The average Bonchev–Trinajstić information content (AvgIpc) is 2.40. The SMILES string of the molecule is COc1cc(C)c(CN2CCN[C@@H](C)C2)cc1OC.Cl.